The molecule has 88 valence electrons. The highest BCUT2D eigenvalue weighted by Crippen LogP contribution is 2.25. The Morgan fingerprint density at radius 2 is 2.31 bits per heavy atom. The molecule has 5 nitrogen and oxygen atoms in total. The van der Waals surface area contributed by atoms with E-state index in [0.29, 0.717) is 25.4 Å². The first kappa shape index (κ1) is 13.2. The molecular formula is C10H13IN2O3. The minimum Gasteiger partial charge on any atom is -0.380 e. The average Bonchev–Trinajstić information content (AvgIpc) is 2.26. The van der Waals surface area contributed by atoms with E-state index in [2.05, 4.69) is 5.32 Å². The van der Waals surface area contributed by atoms with Crippen molar-refractivity contribution in [1.82, 2.24) is 0 Å². The van der Waals surface area contributed by atoms with Crippen molar-refractivity contribution in [3.63, 3.8) is 0 Å². The first-order valence-electron chi connectivity index (χ1n) is 4.90. The normalized spacial score (nSPS) is 10.1. The van der Waals surface area contributed by atoms with Crippen LogP contribution in [0.25, 0.3) is 0 Å². The van der Waals surface area contributed by atoms with E-state index in [4.69, 9.17) is 4.74 Å². The van der Waals surface area contributed by atoms with Gasteiger partial charge in [-0.15, -0.1) is 0 Å². The summed E-state index contributed by atoms with van der Waals surface area (Å²) in [5.41, 5.74) is 0.633. The van der Waals surface area contributed by atoms with Crippen LogP contribution in [0.3, 0.4) is 0 Å². The fourth-order valence-corrected chi connectivity index (χ4v) is 1.68. The lowest BCUT2D eigenvalue weighted by Crippen LogP contribution is -2.10. The van der Waals surface area contributed by atoms with Gasteiger partial charge in [-0.2, -0.15) is 0 Å². The Labute approximate surface area is 107 Å². The van der Waals surface area contributed by atoms with Gasteiger partial charge in [-0.25, -0.2) is 0 Å². The monoisotopic (exact) mass is 336 g/mol. The average molecular weight is 336 g/mol. The topological polar surface area (TPSA) is 64.4 Å². The van der Waals surface area contributed by atoms with Gasteiger partial charge in [0.1, 0.15) is 5.69 Å². The zero-order chi connectivity index (χ0) is 12.0. The molecule has 1 aromatic carbocycles. The van der Waals surface area contributed by atoms with Gasteiger partial charge in [0.15, 0.2) is 0 Å². The van der Waals surface area contributed by atoms with Crippen LogP contribution in [0.15, 0.2) is 18.2 Å². The molecule has 16 heavy (non-hydrogen) atoms. The molecule has 0 saturated carbocycles. The lowest BCUT2D eigenvalue weighted by molar-refractivity contribution is -0.384. The SMILES string of the molecule is CCOCCNc1ccc(I)cc1[N+](=O)[O-]. The number of hydrogen-bond donors (Lipinski definition) is 1. The van der Waals surface area contributed by atoms with Crippen molar-refractivity contribution >= 4 is 34.0 Å². The van der Waals surface area contributed by atoms with Crippen molar-refractivity contribution in [1.29, 1.82) is 0 Å². The van der Waals surface area contributed by atoms with E-state index in [9.17, 15) is 10.1 Å². The zero-order valence-corrected chi connectivity index (χ0v) is 11.1. The smallest absolute Gasteiger partial charge is 0.293 e. The molecular weight excluding hydrogens is 323 g/mol. The van der Waals surface area contributed by atoms with Crippen LogP contribution in [0.4, 0.5) is 11.4 Å². The van der Waals surface area contributed by atoms with E-state index in [-0.39, 0.29) is 10.6 Å². The Morgan fingerprint density at radius 1 is 1.56 bits per heavy atom. The second kappa shape index (κ2) is 6.64. The number of ether oxygens (including phenoxy) is 1. The molecule has 0 fully saturated rings. The molecule has 0 amide bonds. The molecule has 0 spiro atoms. The van der Waals surface area contributed by atoms with Crippen molar-refractivity contribution in [3.8, 4) is 0 Å². The van der Waals surface area contributed by atoms with E-state index >= 15 is 0 Å². The van der Waals surface area contributed by atoms with Crippen LogP contribution in [-0.2, 0) is 4.74 Å². The molecule has 0 saturated heterocycles. The minimum absolute atomic E-state index is 0.100. The Kier molecular flexibility index (Phi) is 5.47. The standard InChI is InChI=1S/C10H13IN2O3/c1-2-16-6-5-12-9-4-3-8(11)7-10(9)13(14)15/h3-4,7,12H,2,5-6H2,1H3. The van der Waals surface area contributed by atoms with Gasteiger partial charge in [0.2, 0.25) is 0 Å². The predicted octanol–water partition coefficient (Wildman–Crippen LogP) is 2.65. The molecule has 0 aliphatic carbocycles. The van der Waals surface area contributed by atoms with Gasteiger partial charge in [-0.05, 0) is 41.6 Å². The zero-order valence-electron chi connectivity index (χ0n) is 8.90. The van der Waals surface area contributed by atoms with E-state index in [0.717, 1.165) is 3.57 Å². The number of anilines is 1. The van der Waals surface area contributed by atoms with Gasteiger partial charge in [0.05, 0.1) is 11.5 Å². The number of nitrogens with one attached hydrogen (secondary N) is 1. The summed E-state index contributed by atoms with van der Waals surface area (Å²) in [6.07, 6.45) is 0. The van der Waals surface area contributed by atoms with Crippen LogP contribution in [0.5, 0.6) is 0 Å². The number of nitro groups is 1. The van der Waals surface area contributed by atoms with Gasteiger partial charge < -0.3 is 10.1 Å². The third-order valence-electron chi connectivity index (χ3n) is 1.92. The van der Waals surface area contributed by atoms with Crippen LogP contribution < -0.4 is 5.32 Å². The number of rotatable bonds is 6. The van der Waals surface area contributed by atoms with Crippen LogP contribution in [-0.4, -0.2) is 24.7 Å². The summed E-state index contributed by atoms with van der Waals surface area (Å²) in [7, 11) is 0. The van der Waals surface area contributed by atoms with E-state index < -0.39 is 0 Å². The first-order valence-corrected chi connectivity index (χ1v) is 5.98. The third-order valence-corrected chi connectivity index (χ3v) is 2.59. The van der Waals surface area contributed by atoms with E-state index in [1.807, 2.05) is 35.6 Å². The lowest BCUT2D eigenvalue weighted by Gasteiger charge is -2.07. The Balaban J connectivity index is 2.67. The summed E-state index contributed by atoms with van der Waals surface area (Å²) in [6.45, 7) is 3.67. The number of benzene rings is 1. The molecule has 1 aromatic rings. The summed E-state index contributed by atoms with van der Waals surface area (Å²) < 4.78 is 5.99. The van der Waals surface area contributed by atoms with Crippen molar-refractivity contribution in [3.05, 3.63) is 31.9 Å². The molecule has 0 unspecified atom stereocenters. The Bertz CT molecular complexity index is 371. The molecule has 1 N–H and O–H groups in total. The molecule has 0 bridgehead atoms. The van der Waals surface area contributed by atoms with Crippen molar-refractivity contribution in [2.24, 2.45) is 0 Å². The van der Waals surface area contributed by atoms with Crippen LogP contribution >= 0.6 is 22.6 Å². The summed E-state index contributed by atoms with van der Waals surface area (Å²) in [5, 5.41) is 13.8. The summed E-state index contributed by atoms with van der Waals surface area (Å²) in [5.74, 6) is 0. The fraction of sp³-hybridized carbons (Fsp3) is 0.400. The number of nitro benzene ring substituents is 1. The maximum absolute atomic E-state index is 10.8. The highest BCUT2D eigenvalue weighted by atomic mass is 127. The van der Waals surface area contributed by atoms with Crippen molar-refractivity contribution in [2.75, 3.05) is 25.1 Å². The molecule has 0 atom stereocenters. The highest BCUT2D eigenvalue weighted by molar-refractivity contribution is 14.1. The third kappa shape index (κ3) is 3.93. The minimum atomic E-state index is -0.384. The second-order valence-corrected chi connectivity index (χ2v) is 4.29. The van der Waals surface area contributed by atoms with Crippen LogP contribution in [0, 0.1) is 13.7 Å². The van der Waals surface area contributed by atoms with E-state index in [1.54, 1.807) is 12.1 Å². The van der Waals surface area contributed by atoms with Crippen LogP contribution in [0.2, 0.25) is 0 Å². The summed E-state index contributed by atoms with van der Waals surface area (Å²) in [4.78, 5) is 10.4. The van der Waals surface area contributed by atoms with Crippen LogP contribution in [0.1, 0.15) is 6.92 Å². The highest BCUT2D eigenvalue weighted by Gasteiger charge is 2.13. The summed E-state index contributed by atoms with van der Waals surface area (Å²) in [6, 6.07) is 5.09. The summed E-state index contributed by atoms with van der Waals surface area (Å²) >= 11 is 2.05. The maximum Gasteiger partial charge on any atom is 0.293 e. The lowest BCUT2D eigenvalue weighted by atomic mass is 10.2. The fourth-order valence-electron chi connectivity index (χ4n) is 1.21. The van der Waals surface area contributed by atoms with Crippen molar-refractivity contribution < 1.29 is 9.66 Å². The maximum atomic E-state index is 10.8. The van der Waals surface area contributed by atoms with Gasteiger partial charge in [-0.3, -0.25) is 10.1 Å². The molecule has 0 aliphatic heterocycles. The molecule has 6 heteroatoms. The van der Waals surface area contributed by atoms with Gasteiger partial charge in [-0.1, -0.05) is 0 Å². The molecule has 0 aromatic heterocycles. The van der Waals surface area contributed by atoms with Gasteiger partial charge in [0.25, 0.3) is 5.69 Å². The van der Waals surface area contributed by atoms with Gasteiger partial charge in [0, 0.05) is 22.8 Å². The van der Waals surface area contributed by atoms with E-state index in [1.165, 1.54) is 0 Å². The quantitative estimate of drug-likeness (QED) is 0.375. The van der Waals surface area contributed by atoms with Crippen molar-refractivity contribution in [2.45, 2.75) is 6.92 Å². The Morgan fingerprint density at radius 3 is 2.94 bits per heavy atom. The largest absolute Gasteiger partial charge is 0.380 e. The first-order chi connectivity index (χ1) is 7.65. The molecule has 0 radical (unpaired) electrons. The molecule has 0 aliphatic rings. The predicted molar refractivity (Wildman–Crippen MR) is 70.8 cm³/mol. The Hall–Kier alpha value is -0.890. The number of halogens is 1. The molecule has 1 rings (SSSR count). The number of nitrogens with zero attached hydrogens (tertiary/aromatic N) is 1. The van der Waals surface area contributed by atoms with Gasteiger partial charge >= 0.3 is 0 Å². The molecule has 0 heterocycles. The number of hydrogen-bond acceptors (Lipinski definition) is 4. The second-order valence-electron chi connectivity index (χ2n) is 3.04.